The van der Waals surface area contributed by atoms with Gasteiger partial charge in [0.25, 0.3) is 17.7 Å². The first-order chi connectivity index (χ1) is 25.2. The first kappa shape index (κ1) is 33.0. The van der Waals surface area contributed by atoms with E-state index in [-0.39, 0.29) is 45.3 Å². The smallest absolute Gasteiger partial charge is 0.259 e. The molecule has 11 nitrogen and oxygen atoms in total. The Balaban J connectivity index is 1.16. The largest absolute Gasteiger partial charge is 0.507 e. The van der Waals surface area contributed by atoms with Gasteiger partial charge in [0.1, 0.15) is 22.9 Å². The number of fused-ring (bicyclic) bond motifs is 2. The minimum atomic E-state index is -0.625. The molecule has 0 aliphatic carbocycles. The van der Waals surface area contributed by atoms with E-state index < -0.39 is 17.7 Å². The van der Waals surface area contributed by atoms with Gasteiger partial charge in [-0.1, -0.05) is 60.7 Å². The van der Waals surface area contributed by atoms with E-state index in [2.05, 4.69) is 26.2 Å². The topological polar surface area (TPSA) is 173 Å². The third kappa shape index (κ3) is 7.09. The van der Waals surface area contributed by atoms with Gasteiger partial charge in [-0.05, 0) is 100 Å². The van der Waals surface area contributed by atoms with Crippen molar-refractivity contribution in [3.63, 3.8) is 0 Å². The molecule has 7 aromatic carbocycles. The Morgan fingerprint density at radius 3 is 1.50 bits per heavy atom. The summed E-state index contributed by atoms with van der Waals surface area (Å²) in [5, 5.41) is 51.3. The second kappa shape index (κ2) is 14.1. The maximum atomic E-state index is 13.6. The lowest BCUT2D eigenvalue weighted by atomic mass is 10.0. The fraction of sp³-hybridized carbons (Fsp3) is 0. The molecular formula is C41H29N5O6. The van der Waals surface area contributed by atoms with Crippen LogP contribution in [0.25, 0.3) is 21.5 Å². The Bertz CT molecular complexity index is 2550. The van der Waals surface area contributed by atoms with E-state index in [1.807, 2.05) is 48.5 Å². The van der Waals surface area contributed by atoms with Crippen molar-refractivity contribution in [1.82, 2.24) is 0 Å². The summed E-state index contributed by atoms with van der Waals surface area (Å²) in [6.45, 7) is 0. The third-order valence-electron chi connectivity index (χ3n) is 8.27. The van der Waals surface area contributed by atoms with Crippen molar-refractivity contribution in [2.75, 3.05) is 16.0 Å². The van der Waals surface area contributed by atoms with Gasteiger partial charge in [0.05, 0.1) is 28.1 Å². The summed E-state index contributed by atoms with van der Waals surface area (Å²) < 4.78 is 0. The Morgan fingerprint density at radius 1 is 0.423 bits per heavy atom. The van der Waals surface area contributed by atoms with Crippen LogP contribution >= 0.6 is 0 Å². The number of hydrogen-bond donors (Lipinski definition) is 6. The average Bonchev–Trinajstić information content (AvgIpc) is 3.14. The molecule has 0 radical (unpaired) electrons. The summed E-state index contributed by atoms with van der Waals surface area (Å²) >= 11 is 0. The van der Waals surface area contributed by atoms with E-state index in [9.17, 15) is 29.7 Å². The zero-order valence-corrected chi connectivity index (χ0v) is 27.2. The number of nitrogens with one attached hydrogen (secondary N) is 3. The second-order valence-corrected chi connectivity index (χ2v) is 11.8. The van der Waals surface area contributed by atoms with Gasteiger partial charge in [-0.2, -0.15) is 5.11 Å². The molecule has 0 saturated heterocycles. The van der Waals surface area contributed by atoms with E-state index in [4.69, 9.17) is 0 Å². The van der Waals surface area contributed by atoms with Gasteiger partial charge in [-0.15, -0.1) is 5.11 Å². The number of carbonyl (C=O) groups excluding carboxylic acids is 3. The van der Waals surface area contributed by atoms with Crippen molar-refractivity contribution in [2.24, 2.45) is 10.2 Å². The minimum absolute atomic E-state index is 0.0265. The van der Waals surface area contributed by atoms with Crippen LogP contribution in [0.15, 0.2) is 150 Å². The predicted molar refractivity (Wildman–Crippen MR) is 200 cm³/mol. The molecule has 0 aliphatic rings. The lowest BCUT2D eigenvalue weighted by molar-refractivity contribution is 0.101. The molecule has 6 N–H and O–H groups in total. The summed E-state index contributed by atoms with van der Waals surface area (Å²) in [6.07, 6.45) is 0. The molecule has 0 fully saturated rings. The maximum absolute atomic E-state index is 13.6. The van der Waals surface area contributed by atoms with Gasteiger partial charge in [0.2, 0.25) is 0 Å². The fourth-order valence-corrected chi connectivity index (χ4v) is 5.60. The van der Waals surface area contributed by atoms with Crippen LogP contribution in [-0.2, 0) is 0 Å². The van der Waals surface area contributed by atoms with Crippen LogP contribution in [-0.4, -0.2) is 33.0 Å². The number of para-hydroxylation sites is 1. The number of anilines is 3. The minimum Gasteiger partial charge on any atom is -0.507 e. The number of rotatable bonds is 8. The third-order valence-corrected chi connectivity index (χ3v) is 8.27. The summed E-state index contributed by atoms with van der Waals surface area (Å²) in [6, 6.07) is 38.2. The van der Waals surface area contributed by atoms with Crippen molar-refractivity contribution in [2.45, 2.75) is 0 Å². The molecule has 0 heterocycles. The molecule has 11 heteroatoms. The van der Waals surface area contributed by atoms with Crippen LogP contribution in [0.2, 0.25) is 0 Å². The number of aromatic hydroxyl groups is 3. The number of benzene rings is 7. The standard InChI is InChI=1S/C41H29N5O6/c47-36-12-6-5-11-31(36)39(50)42-28-13-15-29(16-14-28)45-46-34-18-17-30(43-40(51)32-19-24-7-1-3-9-26(24)21-37(32)48)23-35(34)44-41(52)33-20-25-8-2-4-10-27(25)22-38(33)49/h1-23,47-49H,(H,42,50)(H,43,51)(H,44,52). The molecule has 0 atom stereocenters. The second-order valence-electron chi connectivity index (χ2n) is 11.8. The lowest BCUT2D eigenvalue weighted by Crippen LogP contribution is -2.14. The highest BCUT2D eigenvalue weighted by Gasteiger charge is 2.18. The van der Waals surface area contributed by atoms with E-state index in [1.165, 1.54) is 30.3 Å². The molecule has 0 aromatic heterocycles. The normalized spacial score (nSPS) is 11.1. The number of azo groups is 1. The number of phenols is 3. The van der Waals surface area contributed by atoms with Crippen molar-refractivity contribution in [1.29, 1.82) is 0 Å². The molecular weight excluding hydrogens is 658 g/mol. The van der Waals surface area contributed by atoms with Crippen LogP contribution in [0.4, 0.5) is 28.4 Å². The van der Waals surface area contributed by atoms with Gasteiger partial charge in [-0.3, -0.25) is 14.4 Å². The average molecular weight is 688 g/mol. The van der Waals surface area contributed by atoms with Gasteiger partial charge in [0, 0.05) is 11.4 Å². The maximum Gasteiger partial charge on any atom is 0.259 e. The zero-order valence-electron chi connectivity index (χ0n) is 27.2. The van der Waals surface area contributed by atoms with Crippen molar-refractivity contribution >= 4 is 67.7 Å². The summed E-state index contributed by atoms with van der Waals surface area (Å²) in [4.78, 5) is 39.5. The SMILES string of the molecule is O=C(Nc1ccc(N=Nc2ccc(NC(=O)c3cc4ccccc4cc3O)cc2NC(=O)c2cc3ccccc3cc2O)cc1)c1ccccc1O. The molecule has 0 bridgehead atoms. The molecule has 0 unspecified atom stereocenters. The quantitative estimate of drug-likeness (QED) is 0.0869. The van der Waals surface area contributed by atoms with Crippen molar-refractivity contribution in [3.8, 4) is 17.2 Å². The molecule has 3 amide bonds. The van der Waals surface area contributed by atoms with Crippen LogP contribution in [0.3, 0.4) is 0 Å². The van der Waals surface area contributed by atoms with Crippen molar-refractivity contribution in [3.05, 3.63) is 156 Å². The molecule has 0 spiro atoms. The Hall–Kier alpha value is -7.53. The molecule has 7 aromatic rings. The monoisotopic (exact) mass is 687 g/mol. The number of amides is 3. The summed E-state index contributed by atoms with van der Waals surface area (Å²) in [5.41, 5.74) is 1.81. The summed E-state index contributed by atoms with van der Waals surface area (Å²) in [5.74, 6) is -2.22. The fourth-order valence-electron chi connectivity index (χ4n) is 5.60. The Labute approximate surface area is 296 Å². The molecule has 254 valence electrons. The van der Waals surface area contributed by atoms with Crippen LogP contribution < -0.4 is 16.0 Å². The number of phenolic OH excluding ortho intramolecular Hbond substituents is 3. The first-order valence-electron chi connectivity index (χ1n) is 16.0. The van der Waals surface area contributed by atoms with Gasteiger partial charge in [0.15, 0.2) is 0 Å². The number of hydrogen-bond acceptors (Lipinski definition) is 8. The van der Waals surface area contributed by atoms with E-state index >= 15 is 0 Å². The van der Waals surface area contributed by atoms with Gasteiger partial charge in [-0.25, -0.2) is 0 Å². The van der Waals surface area contributed by atoms with E-state index in [1.54, 1.807) is 60.7 Å². The number of carbonyl (C=O) groups is 3. The van der Waals surface area contributed by atoms with Crippen LogP contribution in [0.5, 0.6) is 17.2 Å². The lowest BCUT2D eigenvalue weighted by Gasteiger charge is -2.13. The van der Waals surface area contributed by atoms with E-state index in [0.717, 1.165) is 21.5 Å². The van der Waals surface area contributed by atoms with Gasteiger partial charge >= 0.3 is 0 Å². The zero-order chi connectivity index (χ0) is 36.2. The molecule has 7 rings (SSSR count). The number of nitrogens with zero attached hydrogens (tertiary/aromatic N) is 2. The molecule has 52 heavy (non-hydrogen) atoms. The molecule has 0 aliphatic heterocycles. The Morgan fingerprint density at radius 2 is 0.904 bits per heavy atom. The highest BCUT2D eigenvalue weighted by molar-refractivity contribution is 6.11. The highest BCUT2D eigenvalue weighted by atomic mass is 16.3. The predicted octanol–water partition coefficient (Wildman–Crippen LogP) is 9.28. The van der Waals surface area contributed by atoms with Crippen molar-refractivity contribution < 1.29 is 29.7 Å². The Kier molecular flexibility index (Phi) is 8.97. The van der Waals surface area contributed by atoms with Crippen LogP contribution in [0.1, 0.15) is 31.1 Å². The first-order valence-corrected chi connectivity index (χ1v) is 16.0. The molecule has 0 saturated carbocycles. The van der Waals surface area contributed by atoms with Gasteiger partial charge < -0.3 is 31.3 Å². The van der Waals surface area contributed by atoms with Crippen LogP contribution in [0, 0.1) is 0 Å². The van der Waals surface area contributed by atoms with E-state index in [0.29, 0.717) is 17.1 Å². The summed E-state index contributed by atoms with van der Waals surface area (Å²) in [7, 11) is 0. The highest BCUT2D eigenvalue weighted by Crippen LogP contribution is 2.34.